The van der Waals surface area contributed by atoms with Crippen LogP contribution in [0.1, 0.15) is 159 Å². The van der Waals surface area contributed by atoms with Crippen molar-refractivity contribution in [3.63, 3.8) is 0 Å². The average Bonchev–Trinajstić information content (AvgIpc) is 1.79. The molecule has 0 saturated carbocycles. The number of fused-ring (bicyclic) bond motifs is 4. The summed E-state index contributed by atoms with van der Waals surface area (Å²) in [6.45, 7) is 12.0. The first-order valence-electron chi connectivity index (χ1n) is 33.5. The van der Waals surface area contributed by atoms with Crippen LogP contribution in [0.4, 0.5) is 5.69 Å². The molecule has 0 radical (unpaired) electrons. The topological polar surface area (TPSA) is 271 Å². The van der Waals surface area contributed by atoms with Gasteiger partial charge in [-0.05, 0) is 150 Å². The third kappa shape index (κ3) is 21.4. The number of likely N-dealkylation sites (N-methyl/N-ethyl adjacent to an activating group) is 2. The summed E-state index contributed by atoms with van der Waals surface area (Å²) < 4.78 is 28.4. The molecule has 3 aliphatic rings. The highest BCUT2D eigenvalue weighted by molar-refractivity contribution is 6.38. The molecule has 7 rings (SSSR count). The lowest BCUT2D eigenvalue weighted by Gasteiger charge is -2.36. The van der Waals surface area contributed by atoms with Gasteiger partial charge in [0.2, 0.25) is 35.3 Å². The Balaban J connectivity index is 1.21. The fourth-order valence-electron chi connectivity index (χ4n) is 12.3. The largest absolute Gasteiger partial charge is 0.493 e. The van der Waals surface area contributed by atoms with E-state index >= 15 is 9.59 Å². The van der Waals surface area contributed by atoms with Gasteiger partial charge in [0.05, 0.1) is 32.0 Å². The van der Waals surface area contributed by atoms with Crippen molar-refractivity contribution in [1.29, 1.82) is 0 Å². The number of ketones is 2. The van der Waals surface area contributed by atoms with E-state index in [4.69, 9.17) is 23.7 Å². The first-order chi connectivity index (χ1) is 46.1. The number of benzene rings is 4. The summed E-state index contributed by atoms with van der Waals surface area (Å²) in [7, 11) is 6.17. The van der Waals surface area contributed by atoms with Gasteiger partial charge >= 0.3 is 17.9 Å². The number of rotatable bonds is 12. The van der Waals surface area contributed by atoms with Gasteiger partial charge < -0.3 is 53.9 Å². The van der Waals surface area contributed by atoms with Crippen LogP contribution in [-0.4, -0.2) is 169 Å². The van der Waals surface area contributed by atoms with Crippen molar-refractivity contribution in [2.24, 2.45) is 11.3 Å². The van der Waals surface area contributed by atoms with Gasteiger partial charge in [0.15, 0.2) is 11.5 Å². The molecule has 6 atom stereocenters. The zero-order valence-electron chi connectivity index (χ0n) is 58.0. The van der Waals surface area contributed by atoms with E-state index in [0.29, 0.717) is 65.1 Å². The summed E-state index contributed by atoms with van der Waals surface area (Å²) in [6, 6.07) is 23.3. The number of esters is 3. The molecule has 0 aromatic heterocycles. The van der Waals surface area contributed by atoms with E-state index in [9.17, 15) is 43.2 Å². The number of nitrogens with one attached hydrogen (secondary N) is 2. The van der Waals surface area contributed by atoms with Gasteiger partial charge in [-0.2, -0.15) is 0 Å². The summed E-state index contributed by atoms with van der Waals surface area (Å²) in [5.41, 5.74) is 1.17. The third-order valence-corrected chi connectivity index (χ3v) is 17.7. The number of anilines is 1. The van der Waals surface area contributed by atoms with Gasteiger partial charge in [-0.25, -0.2) is 9.59 Å². The molecule has 2 bridgehead atoms. The summed E-state index contributed by atoms with van der Waals surface area (Å²) in [5, 5.41) is 5.85. The average molecular weight is 1340 g/mol. The molecular weight excluding hydrogens is 1240 g/mol. The fourth-order valence-corrected chi connectivity index (χ4v) is 12.3. The van der Waals surface area contributed by atoms with E-state index in [-0.39, 0.29) is 95.7 Å². The highest BCUT2D eigenvalue weighted by Gasteiger charge is 2.45. The number of hydrogen-bond acceptors (Lipinski definition) is 16. The molecule has 0 spiro atoms. The van der Waals surface area contributed by atoms with Crippen molar-refractivity contribution >= 4 is 70.6 Å². The predicted molar refractivity (Wildman–Crippen MR) is 363 cm³/mol. The summed E-state index contributed by atoms with van der Waals surface area (Å²) >= 11 is 0. The predicted octanol–water partition coefficient (Wildman–Crippen LogP) is 8.80. The number of piperidine rings is 1. The minimum absolute atomic E-state index is 0.00989. The molecule has 3 heterocycles. The van der Waals surface area contributed by atoms with Crippen LogP contribution in [0.5, 0.6) is 11.5 Å². The number of aryl methyl sites for hydroxylation is 1. The maximum atomic E-state index is 15.3. The normalized spacial score (nSPS) is 22.3. The van der Waals surface area contributed by atoms with Crippen LogP contribution >= 0.6 is 0 Å². The molecule has 22 nitrogen and oxygen atoms in total. The van der Waals surface area contributed by atoms with Gasteiger partial charge in [0.25, 0.3) is 5.91 Å². The quantitative estimate of drug-likeness (QED) is 0.0762. The lowest BCUT2D eigenvalue weighted by atomic mass is 9.87. The maximum absolute atomic E-state index is 15.3. The van der Waals surface area contributed by atoms with Crippen molar-refractivity contribution in [2.75, 3.05) is 59.9 Å². The maximum Gasteiger partial charge on any atom is 0.330 e. The molecular formula is C75H96N6O16. The second-order valence-corrected chi connectivity index (χ2v) is 27.4. The van der Waals surface area contributed by atoms with E-state index in [1.807, 2.05) is 26.0 Å². The molecule has 522 valence electrons. The second-order valence-electron chi connectivity index (χ2n) is 27.4. The molecule has 22 heteroatoms. The minimum atomic E-state index is -1.52. The van der Waals surface area contributed by atoms with E-state index in [0.717, 1.165) is 5.56 Å². The standard InChI is InChI=1S/C75H96N6O16/c1-48(2)41-60-70(89)78(8)38-17-16-27-65(84)95-47-75(6,7)67(86)72(91)81-39-18-15-25-59(81)73(92)96-61(35-32-50-33-36-62(93-10)63(43-50)94-11)53-23-19-24-54(45-53)76-64(83)37-34-55(82)46-56(52-21-13-12-14-22-52)68(87)77-57(69(88)80-40-20-26-58(80)71(90)79(60)9)42-49-28-30-51(31-29-49)44-66(85)97-74(3,4)5/h12-14,16,19,21-24,27-31,33,36,43,45,48,56-61H,15,17-18,20,25-26,32,34-35,37-42,44,46-47H2,1-11H3,(H,76,83)(H,77,87)/t56?,57-,58+,59-,60-,61+/m0/s1. The zero-order chi connectivity index (χ0) is 70.7. The molecule has 2 saturated heterocycles. The smallest absolute Gasteiger partial charge is 0.330 e. The minimum Gasteiger partial charge on any atom is -0.493 e. The van der Waals surface area contributed by atoms with Crippen LogP contribution in [0.2, 0.25) is 0 Å². The Kier molecular flexibility index (Phi) is 26.8. The number of hydrogen-bond donors (Lipinski definition) is 2. The number of Topliss-reactive ketones (excluding diaryl/α,β-unsaturated/α-hetero) is 2. The van der Waals surface area contributed by atoms with Crippen LogP contribution < -0.4 is 20.1 Å². The zero-order valence-corrected chi connectivity index (χ0v) is 58.0. The van der Waals surface area contributed by atoms with Gasteiger partial charge in [-0.1, -0.05) is 92.7 Å². The van der Waals surface area contributed by atoms with E-state index in [1.54, 1.807) is 113 Å². The SMILES string of the molecule is COc1ccc(CC[C@H]2OC(=O)[C@@H]3CCCCN3C(=O)C(=O)C(C)(C)COC(=O)C=CCCN(C)C(=O)[C@H](CC(C)C)N(C)C(=O)[C@H]3CCCN3C(=O)[C@H](Cc3ccc(CC(=O)OC(C)(C)C)cc3)NC(=O)C(c3ccccc3)CC(=O)CCC(=O)Nc3cccc2c3)cc1OC. The van der Waals surface area contributed by atoms with E-state index in [1.165, 1.54) is 66.9 Å². The number of ether oxygens (including phenoxy) is 5. The number of carbonyl (C=O) groups is 11. The van der Waals surface area contributed by atoms with Crippen molar-refractivity contribution in [3.05, 3.63) is 137 Å². The summed E-state index contributed by atoms with van der Waals surface area (Å²) in [6.07, 6.45) is 3.81. The molecule has 0 aliphatic carbocycles. The van der Waals surface area contributed by atoms with Gasteiger partial charge in [-0.15, -0.1) is 0 Å². The molecule has 1 unspecified atom stereocenters. The molecule has 3 aliphatic heterocycles. The number of cyclic esters (lactones) is 2. The third-order valence-electron chi connectivity index (χ3n) is 17.7. The number of carbonyl (C=O) groups excluding carboxylic acids is 11. The molecule has 2 fully saturated rings. The molecule has 4 aromatic carbocycles. The second kappa shape index (κ2) is 34.6. The molecule has 6 amide bonds. The summed E-state index contributed by atoms with van der Waals surface area (Å²) in [5.74, 6) is -6.98. The lowest BCUT2D eigenvalue weighted by molar-refractivity contribution is -0.165. The number of amides is 6. The van der Waals surface area contributed by atoms with Gasteiger partial charge in [0, 0.05) is 71.2 Å². The Morgan fingerprint density at radius 3 is 2.07 bits per heavy atom. The Morgan fingerprint density at radius 1 is 0.711 bits per heavy atom. The van der Waals surface area contributed by atoms with Gasteiger partial charge in [0.1, 0.15) is 48.3 Å². The monoisotopic (exact) mass is 1340 g/mol. The van der Waals surface area contributed by atoms with E-state index in [2.05, 4.69) is 10.6 Å². The van der Waals surface area contributed by atoms with Crippen molar-refractivity contribution in [2.45, 2.75) is 180 Å². The lowest BCUT2D eigenvalue weighted by Crippen LogP contribution is -2.57. The van der Waals surface area contributed by atoms with Crippen LogP contribution in [0.25, 0.3) is 0 Å². The van der Waals surface area contributed by atoms with Crippen LogP contribution in [-0.2, 0) is 86.2 Å². The first-order valence-corrected chi connectivity index (χ1v) is 33.5. The highest BCUT2D eigenvalue weighted by atomic mass is 16.6. The van der Waals surface area contributed by atoms with Crippen LogP contribution in [0.15, 0.2) is 109 Å². The highest BCUT2D eigenvalue weighted by Crippen LogP contribution is 2.34. The molecule has 2 N–H and O–H groups in total. The Labute approximate surface area is 569 Å². The van der Waals surface area contributed by atoms with Crippen LogP contribution in [0, 0.1) is 11.3 Å². The van der Waals surface area contributed by atoms with Gasteiger partial charge in [-0.3, -0.25) is 43.2 Å². The van der Waals surface area contributed by atoms with E-state index < -0.39 is 113 Å². The number of nitrogens with zero attached hydrogens (tertiary/aromatic N) is 4. The fraction of sp³-hybridized carbons (Fsp3) is 0.507. The molecule has 4 aromatic rings. The van der Waals surface area contributed by atoms with Crippen molar-refractivity contribution in [1.82, 2.24) is 24.9 Å². The first kappa shape index (κ1) is 75.2. The Hall–Kier alpha value is -9.21. The Morgan fingerprint density at radius 2 is 1.38 bits per heavy atom. The van der Waals surface area contributed by atoms with Crippen molar-refractivity contribution in [3.8, 4) is 11.5 Å². The van der Waals surface area contributed by atoms with Crippen molar-refractivity contribution < 1.29 is 76.4 Å². The summed E-state index contributed by atoms with van der Waals surface area (Å²) in [4.78, 5) is 162. The Bertz CT molecular complexity index is 3510. The van der Waals surface area contributed by atoms with Crippen LogP contribution in [0.3, 0.4) is 0 Å². The number of methoxy groups -OCH3 is 2. The molecule has 97 heavy (non-hydrogen) atoms.